The molecule has 3 N–H and O–H groups in total. The van der Waals surface area contributed by atoms with Gasteiger partial charge in [-0.15, -0.1) is 13.2 Å². The summed E-state index contributed by atoms with van der Waals surface area (Å²) in [5.74, 6) is -0.293. The molecule has 0 aliphatic heterocycles. The average Bonchev–Trinajstić information content (AvgIpc) is 2.81. The minimum Gasteiger partial charge on any atom is -0.465 e. The van der Waals surface area contributed by atoms with Crippen LogP contribution in [0.5, 0.6) is 5.75 Å². The molecule has 0 fully saturated rings. The number of aromatic nitrogens is 2. The topological polar surface area (TPSA) is 106 Å². The van der Waals surface area contributed by atoms with Crippen LogP contribution in [-0.2, 0) is 4.74 Å². The normalized spacial score (nSPS) is 12.2. The van der Waals surface area contributed by atoms with Crippen molar-refractivity contribution in [3.05, 3.63) is 60.2 Å². The summed E-state index contributed by atoms with van der Waals surface area (Å²) in [6, 6.07) is 13.1. The summed E-state index contributed by atoms with van der Waals surface area (Å²) in [5.41, 5.74) is 1.66. The highest BCUT2D eigenvalue weighted by Crippen LogP contribution is 2.29. The summed E-state index contributed by atoms with van der Waals surface area (Å²) in [4.78, 5) is 20.5. The number of esters is 1. The third-order valence-corrected chi connectivity index (χ3v) is 4.98. The van der Waals surface area contributed by atoms with Crippen LogP contribution in [-0.4, -0.2) is 47.2 Å². The van der Waals surface area contributed by atoms with Gasteiger partial charge in [-0.05, 0) is 42.3 Å². The molecule has 0 amide bonds. The molecule has 2 aromatic carbocycles. The molecule has 0 saturated carbocycles. The van der Waals surface area contributed by atoms with Gasteiger partial charge < -0.3 is 25.2 Å². The van der Waals surface area contributed by atoms with E-state index in [9.17, 15) is 23.1 Å². The van der Waals surface area contributed by atoms with Gasteiger partial charge in [-0.3, -0.25) is 0 Å². The summed E-state index contributed by atoms with van der Waals surface area (Å²) in [6.07, 6.45) is -4.83. The second-order valence-electron chi connectivity index (χ2n) is 7.91. The van der Waals surface area contributed by atoms with E-state index in [1.165, 1.54) is 25.3 Å². The van der Waals surface area contributed by atoms with Crippen molar-refractivity contribution in [2.75, 3.05) is 24.4 Å². The molecule has 1 aromatic heterocycles. The number of nitrogens with zero attached hydrogens (tertiary/aromatic N) is 2. The minimum absolute atomic E-state index is 0.0537. The number of aliphatic hydroxyl groups is 1. The van der Waals surface area contributed by atoms with Crippen LogP contribution in [0.1, 0.15) is 24.2 Å². The Morgan fingerprint density at radius 2 is 1.80 bits per heavy atom. The van der Waals surface area contributed by atoms with Gasteiger partial charge in [-0.1, -0.05) is 26.0 Å². The fraction of sp³-hybridized carbons (Fsp3) is 0.292. The number of hydrogen-bond donors (Lipinski definition) is 3. The summed E-state index contributed by atoms with van der Waals surface area (Å²) in [7, 11) is 1.29. The maximum absolute atomic E-state index is 12.7. The van der Waals surface area contributed by atoms with Crippen molar-refractivity contribution in [2.24, 2.45) is 5.92 Å². The molecule has 1 atom stereocenters. The molecule has 0 radical (unpaired) electrons. The van der Waals surface area contributed by atoms with Gasteiger partial charge in [0.05, 0.1) is 31.0 Å². The van der Waals surface area contributed by atoms with Crippen LogP contribution in [0.2, 0.25) is 0 Å². The monoisotopic (exact) mass is 490 g/mol. The summed E-state index contributed by atoms with van der Waals surface area (Å²) in [5, 5.41) is 15.8. The Bertz CT molecular complexity index is 1150. The zero-order valence-electron chi connectivity index (χ0n) is 19.3. The lowest BCUT2D eigenvalue weighted by atomic mass is 10.1. The summed E-state index contributed by atoms with van der Waals surface area (Å²) >= 11 is 0. The standard InChI is InChI=1S/C24H25F3N4O4/c1-14(2)20(13-32)30-23-29-19(16-5-4-6-18(11-16)35-24(25,26)27)12-21(31-23)28-17-9-7-15(8-10-17)22(33)34-3/h4-12,14,20,32H,13H2,1-3H3,(H2,28,29,30,31)/t20-/m1/s1. The molecule has 0 saturated heterocycles. The van der Waals surface area contributed by atoms with Crippen molar-refractivity contribution in [3.8, 4) is 17.0 Å². The smallest absolute Gasteiger partial charge is 0.465 e. The van der Waals surface area contributed by atoms with Gasteiger partial charge in [-0.25, -0.2) is 9.78 Å². The molecular formula is C24H25F3N4O4. The summed E-state index contributed by atoms with van der Waals surface area (Å²) in [6.45, 7) is 3.66. The number of hydrogen-bond acceptors (Lipinski definition) is 8. The van der Waals surface area contributed by atoms with Gasteiger partial charge >= 0.3 is 12.3 Å². The highest BCUT2D eigenvalue weighted by Gasteiger charge is 2.31. The molecule has 0 aliphatic carbocycles. The lowest BCUT2D eigenvalue weighted by Crippen LogP contribution is -2.30. The van der Waals surface area contributed by atoms with Gasteiger partial charge in [0.15, 0.2) is 0 Å². The SMILES string of the molecule is COC(=O)c1ccc(Nc2cc(-c3cccc(OC(F)(F)F)c3)nc(N[C@H](CO)C(C)C)n2)cc1. The Morgan fingerprint density at radius 1 is 1.09 bits per heavy atom. The van der Waals surface area contributed by atoms with Crippen molar-refractivity contribution in [1.29, 1.82) is 0 Å². The van der Waals surface area contributed by atoms with E-state index in [4.69, 9.17) is 4.74 Å². The molecule has 8 nitrogen and oxygen atoms in total. The molecule has 0 spiro atoms. The maximum atomic E-state index is 12.7. The third kappa shape index (κ3) is 7.31. The molecule has 3 rings (SSSR count). The largest absolute Gasteiger partial charge is 0.573 e. The molecule has 35 heavy (non-hydrogen) atoms. The van der Waals surface area contributed by atoms with E-state index in [1.807, 2.05) is 13.8 Å². The first kappa shape index (κ1) is 25.8. The van der Waals surface area contributed by atoms with Gasteiger partial charge in [0.1, 0.15) is 11.6 Å². The lowest BCUT2D eigenvalue weighted by Gasteiger charge is -2.21. The maximum Gasteiger partial charge on any atom is 0.573 e. The van der Waals surface area contributed by atoms with E-state index in [1.54, 1.807) is 36.4 Å². The number of aliphatic hydroxyl groups excluding tert-OH is 1. The highest BCUT2D eigenvalue weighted by molar-refractivity contribution is 5.89. The van der Waals surface area contributed by atoms with E-state index < -0.39 is 12.3 Å². The number of alkyl halides is 3. The lowest BCUT2D eigenvalue weighted by molar-refractivity contribution is -0.274. The molecule has 0 unspecified atom stereocenters. The number of nitrogens with one attached hydrogen (secondary N) is 2. The number of halogens is 3. The fourth-order valence-electron chi connectivity index (χ4n) is 3.12. The molecular weight excluding hydrogens is 465 g/mol. The second kappa shape index (κ2) is 11.0. The Morgan fingerprint density at radius 3 is 2.40 bits per heavy atom. The van der Waals surface area contributed by atoms with E-state index in [0.29, 0.717) is 28.3 Å². The van der Waals surface area contributed by atoms with E-state index in [2.05, 4.69) is 25.3 Å². The van der Waals surface area contributed by atoms with Crippen LogP contribution in [0.15, 0.2) is 54.6 Å². The van der Waals surface area contributed by atoms with Crippen LogP contribution in [0.3, 0.4) is 0 Å². The Labute approximate surface area is 200 Å². The predicted octanol–water partition coefficient (Wildman–Crippen LogP) is 5.00. The molecule has 0 aliphatic rings. The number of rotatable bonds is 9. The number of carbonyl (C=O) groups is 1. The minimum atomic E-state index is -4.83. The van der Waals surface area contributed by atoms with E-state index in [0.717, 1.165) is 0 Å². The number of ether oxygens (including phenoxy) is 2. The van der Waals surface area contributed by atoms with Crippen LogP contribution < -0.4 is 15.4 Å². The fourth-order valence-corrected chi connectivity index (χ4v) is 3.12. The average molecular weight is 490 g/mol. The first-order valence-electron chi connectivity index (χ1n) is 10.7. The number of methoxy groups -OCH3 is 1. The number of benzene rings is 2. The summed E-state index contributed by atoms with van der Waals surface area (Å²) < 4.78 is 46.8. The van der Waals surface area contributed by atoms with Gasteiger partial charge in [0.25, 0.3) is 0 Å². The van der Waals surface area contributed by atoms with Crippen molar-refractivity contribution in [1.82, 2.24) is 9.97 Å². The van der Waals surface area contributed by atoms with Crippen molar-refractivity contribution in [3.63, 3.8) is 0 Å². The predicted molar refractivity (Wildman–Crippen MR) is 125 cm³/mol. The highest BCUT2D eigenvalue weighted by atomic mass is 19.4. The Hall–Kier alpha value is -3.86. The van der Waals surface area contributed by atoms with Crippen LogP contribution in [0.4, 0.5) is 30.6 Å². The zero-order valence-corrected chi connectivity index (χ0v) is 19.3. The Kier molecular flexibility index (Phi) is 8.13. The van der Waals surface area contributed by atoms with Crippen molar-refractivity contribution < 1.29 is 32.5 Å². The first-order chi connectivity index (χ1) is 16.6. The van der Waals surface area contributed by atoms with Gasteiger partial charge in [0.2, 0.25) is 5.95 Å². The number of carbonyl (C=O) groups excluding carboxylic acids is 1. The van der Waals surface area contributed by atoms with Crippen molar-refractivity contribution >= 4 is 23.4 Å². The molecule has 1 heterocycles. The second-order valence-corrected chi connectivity index (χ2v) is 7.91. The molecule has 186 valence electrons. The number of anilines is 3. The molecule has 0 bridgehead atoms. The van der Waals surface area contributed by atoms with Crippen molar-refractivity contribution in [2.45, 2.75) is 26.3 Å². The van der Waals surface area contributed by atoms with E-state index in [-0.39, 0.29) is 30.3 Å². The molecule has 11 heteroatoms. The van der Waals surface area contributed by atoms with Gasteiger partial charge in [-0.2, -0.15) is 4.98 Å². The van der Waals surface area contributed by atoms with Gasteiger partial charge in [0, 0.05) is 17.3 Å². The van der Waals surface area contributed by atoms with E-state index >= 15 is 0 Å². The van der Waals surface area contributed by atoms with Crippen LogP contribution in [0, 0.1) is 5.92 Å². The quantitative estimate of drug-likeness (QED) is 0.360. The zero-order chi connectivity index (χ0) is 25.6. The van der Waals surface area contributed by atoms with Crippen LogP contribution >= 0.6 is 0 Å². The third-order valence-electron chi connectivity index (χ3n) is 4.98. The van der Waals surface area contributed by atoms with Crippen LogP contribution in [0.25, 0.3) is 11.3 Å². The molecule has 3 aromatic rings. The Balaban J connectivity index is 1.97. The first-order valence-corrected chi connectivity index (χ1v) is 10.7.